The Morgan fingerprint density at radius 1 is 0.444 bits per heavy atom. The van der Waals surface area contributed by atoms with Crippen LogP contribution in [0.4, 0.5) is 17.1 Å². The van der Waals surface area contributed by atoms with Crippen LogP contribution in [0.15, 0.2) is 164 Å². The summed E-state index contributed by atoms with van der Waals surface area (Å²) in [5.41, 5.74) is 20.9. The third kappa shape index (κ3) is 9.61. The highest BCUT2D eigenvalue weighted by Crippen LogP contribution is 2.51. The summed E-state index contributed by atoms with van der Waals surface area (Å²) in [4.78, 5) is 7.71. The highest BCUT2D eigenvalue weighted by molar-refractivity contribution is 5.85. The summed E-state index contributed by atoms with van der Waals surface area (Å²) >= 11 is 0. The number of benzene rings is 6. The van der Waals surface area contributed by atoms with Gasteiger partial charge < -0.3 is 4.90 Å². The lowest BCUT2D eigenvalue weighted by molar-refractivity contribution is 0.431. The van der Waals surface area contributed by atoms with Crippen LogP contribution >= 0.6 is 0 Å². The van der Waals surface area contributed by atoms with E-state index in [0.29, 0.717) is 23.7 Å². The molecule has 5 aliphatic rings. The van der Waals surface area contributed by atoms with Gasteiger partial charge in [-0.3, -0.25) is 4.57 Å². The van der Waals surface area contributed by atoms with Gasteiger partial charge in [0.05, 0.1) is 5.69 Å². The molecular formula is C69H75N3. The number of para-hydroxylation sites is 1. The predicted molar refractivity (Wildman–Crippen MR) is 303 cm³/mol. The third-order valence-electron chi connectivity index (χ3n) is 17.8. The minimum atomic E-state index is 0.213. The molecule has 4 fully saturated rings. The summed E-state index contributed by atoms with van der Waals surface area (Å²) in [6.45, 7) is 2.33. The molecule has 0 saturated heterocycles. The van der Waals surface area contributed by atoms with Crippen molar-refractivity contribution in [3.63, 3.8) is 0 Å². The molecule has 12 rings (SSSR count). The van der Waals surface area contributed by atoms with E-state index in [1.54, 1.807) is 27.8 Å². The van der Waals surface area contributed by atoms with Crippen molar-refractivity contribution >= 4 is 22.6 Å². The quantitative estimate of drug-likeness (QED) is 0.122. The van der Waals surface area contributed by atoms with Crippen LogP contribution in [0.5, 0.6) is 0 Å². The smallest absolute Gasteiger partial charge is 0.144 e. The van der Waals surface area contributed by atoms with Crippen molar-refractivity contribution in [3.8, 4) is 28.2 Å². The number of hydrogen-bond acceptors (Lipinski definition) is 2. The Bertz CT molecular complexity index is 2940. The number of aryl methyl sites for hydroxylation is 1. The van der Waals surface area contributed by atoms with E-state index >= 15 is 0 Å². The van der Waals surface area contributed by atoms with Gasteiger partial charge >= 0.3 is 0 Å². The van der Waals surface area contributed by atoms with Crippen molar-refractivity contribution in [2.75, 3.05) is 4.90 Å². The van der Waals surface area contributed by atoms with E-state index in [1.807, 2.05) is 6.20 Å². The minimum Gasteiger partial charge on any atom is -0.310 e. The van der Waals surface area contributed by atoms with Gasteiger partial charge in [-0.1, -0.05) is 198 Å². The number of rotatable bonds is 12. The molecule has 5 aliphatic carbocycles. The van der Waals surface area contributed by atoms with E-state index in [4.69, 9.17) is 4.98 Å². The van der Waals surface area contributed by atoms with Gasteiger partial charge in [-0.05, 0) is 168 Å². The maximum atomic E-state index is 5.24. The van der Waals surface area contributed by atoms with Gasteiger partial charge in [-0.15, -0.1) is 0 Å². The van der Waals surface area contributed by atoms with E-state index in [0.717, 1.165) is 22.8 Å². The first-order valence-corrected chi connectivity index (χ1v) is 28.5. The van der Waals surface area contributed by atoms with Gasteiger partial charge in [-0.25, -0.2) is 4.98 Å². The van der Waals surface area contributed by atoms with Crippen LogP contribution in [0.1, 0.15) is 197 Å². The van der Waals surface area contributed by atoms with E-state index in [-0.39, 0.29) is 5.92 Å². The lowest BCUT2D eigenvalue weighted by Gasteiger charge is -2.33. The molecule has 0 spiro atoms. The summed E-state index contributed by atoms with van der Waals surface area (Å²) in [7, 11) is 0. The van der Waals surface area contributed by atoms with Crippen LogP contribution in [0.3, 0.4) is 0 Å². The fourth-order valence-corrected chi connectivity index (χ4v) is 14.3. The van der Waals surface area contributed by atoms with Crippen molar-refractivity contribution in [1.29, 1.82) is 0 Å². The van der Waals surface area contributed by atoms with Crippen LogP contribution in [0.2, 0.25) is 0 Å². The van der Waals surface area contributed by atoms with Crippen molar-refractivity contribution in [3.05, 3.63) is 203 Å². The van der Waals surface area contributed by atoms with Gasteiger partial charge in [0, 0.05) is 40.9 Å². The molecule has 1 unspecified atom stereocenters. The normalized spacial score (nSPS) is 19.4. The standard InChI is InChI=1S/C69H75N3/c1-49-43-65(53-29-14-5-15-30-53)68(66(44-49)54-31-16-6-17-32-54)71-42-41-70-69(71)56-34-21-38-60(46-56)72(58-35-18-7-19-36-58)59-37-20-33-55(45-59)61-39-22-40-62(61)67-63(51-25-10-3-11-26-51)47-57(50-23-8-2-9-24-50)48-64(67)52-27-12-4-13-28-52/h2,7-9,18-24,33-48,51-54,62H,3-6,10-17,25-32H2,1H3. The SMILES string of the molecule is Cc1cc(C2CCCCC2)c(-n2ccnc2-c2cccc(N(c3ccccc3)c3cccc(C4=CC=CC4c4c(C5CCCCC5)cc(-c5ccccc5)cc4C4CCCCC4)c3)c2)c(C2CCCCC2)c1. The van der Waals surface area contributed by atoms with Gasteiger partial charge in [-0.2, -0.15) is 0 Å². The maximum absolute atomic E-state index is 5.24. The van der Waals surface area contributed by atoms with Gasteiger partial charge in [0.15, 0.2) is 0 Å². The molecule has 1 heterocycles. The molecule has 3 heteroatoms. The van der Waals surface area contributed by atoms with Crippen molar-refractivity contribution in [2.45, 2.75) is 165 Å². The molecule has 0 aliphatic heterocycles. The summed E-state index contributed by atoms with van der Waals surface area (Å²) in [6, 6.07) is 51.3. The van der Waals surface area contributed by atoms with E-state index in [2.05, 4.69) is 174 Å². The second-order valence-corrected chi connectivity index (χ2v) is 22.4. The second kappa shape index (κ2) is 21.5. The molecule has 0 radical (unpaired) electrons. The fraction of sp³-hybridized carbons (Fsp3) is 0.377. The number of imidazole rings is 1. The Balaban J connectivity index is 0.946. The molecule has 1 atom stereocenters. The van der Waals surface area contributed by atoms with Gasteiger partial charge in [0.1, 0.15) is 5.82 Å². The zero-order valence-corrected chi connectivity index (χ0v) is 43.0. The summed E-state index contributed by atoms with van der Waals surface area (Å²) in [5.74, 6) is 3.62. The monoisotopic (exact) mass is 946 g/mol. The summed E-state index contributed by atoms with van der Waals surface area (Å²) < 4.78 is 2.50. The highest BCUT2D eigenvalue weighted by atomic mass is 15.1. The zero-order chi connectivity index (χ0) is 48.2. The number of anilines is 3. The minimum absolute atomic E-state index is 0.213. The van der Waals surface area contributed by atoms with Crippen molar-refractivity contribution in [1.82, 2.24) is 9.55 Å². The number of allylic oxidation sites excluding steroid dienone is 4. The number of nitrogens with zero attached hydrogens (tertiary/aromatic N) is 3. The largest absolute Gasteiger partial charge is 0.310 e. The predicted octanol–water partition coefficient (Wildman–Crippen LogP) is 19.9. The lowest BCUT2D eigenvalue weighted by atomic mass is 9.71. The second-order valence-electron chi connectivity index (χ2n) is 22.4. The van der Waals surface area contributed by atoms with Crippen LogP contribution in [-0.4, -0.2) is 9.55 Å². The lowest BCUT2D eigenvalue weighted by Crippen LogP contribution is -2.16. The fourth-order valence-electron chi connectivity index (χ4n) is 14.3. The van der Waals surface area contributed by atoms with Crippen LogP contribution in [-0.2, 0) is 0 Å². The maximum Gasteiger partial charge on any atom is 0.144 e. The van der Waals surface area contributed by atoms with Crippen molar-refractivity contribution < 1.29 is 0 Å². The summed E-state index contributed by atoms with van der Waals surface area (Å²) in [6.07, 6.45) is 38.0. The molecule has 0 N–H and O–H groups in total. The average Bonchev–Trinajstić information content (AvgIpc) is 4.16. The molecule has 0 amide bonds. The van der Waals surface area contributed by atoms with Crippen molar-refractivity contribution in [2.24, 2.45) is 0 Å². The first-order chi connectivity index (χ1) is 35.6. The molecule has 0 bridgehead atoms. The third-order valence-corrected chi connectivity index (χ3v) is 17.8. The first-order valence-electron chi connectivity index (χ1n) is 28.5. The van der Waals surface area contributed by atoms with Crippen LogP contribution < -0.4 is 4.90 Å². The summed E-state index contributed by atoms with van der Waals surface area (Å²) in [5, 5.41) is 0. The molecule has 366 valence electrons. The molecule has 4 saturated carbocycles. The number of aromatic nitrogens is 2. The Hall–Kier alpha value is -6.19. The topological polar surface area (TPSA) is 21.1 Å². The van der Waals surface area contributed by atoms with E-state index in [9.17, 15) is 0 Å². The van der Waals surface area contributed by atoms with Gasteiger partial charge in [0.2, 0.25) is 0 Å². The highest BCUT2D eigenvalue weighted by Gasteiger charge is 2.33. The van der Waals surface area contributed by atoms with E-state index in [1.165, 1.54) is 168 Å². The Morgan fingerprint density at radius 2 is 0.917 bits per heavy atom. The Morgan fingerprint density at radius 3 is 1.47 bits per heavy atom. The van der Waals surface area contributed by atoms with Gasteiger partial charge in [0.25, 0.3) is 0 Å². The first kappa shape index (κ1) is 46.9. The Labute approximate surface area is 431 Å². The molecule has 1 aromatic heterocycles. The molecule has 3 nitrogen and oxygen atoms in total. The molecule has 72 heavy (non-hydrogen) atoms. The molecule has 7 aromatic rings. The molecule has 6 aromatic carbocycles. The van der Waals surface area contributed by atoms with Crippen LogP contribution in [0, 0.1) is 6.92 Å². The Kier molecular flexibility index (Phi) is 14.0. The number of hydrogen-bond donors (Lipinski definition) is 0. The average molecular weight is 946 g/mol. The zero-order valence-electron chi connectivity index (χ0n) is 43.0. The van der Waals surface area contributed by atoms with Crippen LogP contribution in [0.25, 0.3) is 33.8 Å². The van der Waals surface area contributed by atoms with E-state index < -0.39 is 0 Å². The molecular weight excluding hydrogens is 871 g/mol.